The SMILES string of the molecule is N#C/C(=C/N1CCC(C(=O)O)CC1)C(=O)N1CCN(C(c2ccccc2)c2ccccc2)CC1. The summed E-state index contributed by atoms with van der Waals surface area (Å²) in [7, 11) is 0. The van der Waals surface area contributed by atoms with Crippen LogP contribution in [0, 0.1) is 17.2 Å². The number of benzene rings is 2. The first-order chi connectivity index (χ1) is 16.6. The van der Waals surface area contributed by atoms with Crippen LogP contribution in [0.4, 0.5) is 0 Å². The Labute approximate surface area is 200 Å². The van der Waals surface area contributed by atoms with Crippen LogP contribution in [-0.4, -0.2) is 71.0 Å². The molecule has 176 valence electrons. The number of aliphatic carboxylic acids is 1. The minimum atomic E-state index is -0.776. The zero-order chi connectivity index (χ0) is 23.9. The Bertz CT molecular complexity index is 1010. The minimum absolute atomic E-state index is 0.112. The van der Waals surface area contributed by atoms with Gasteiger partial charge >= 0.3 is 5.97 Å². The fourth-order valence-corrected chi connectivity index (χ4v) is 4.83. The summed E-state index contributed by atoms with van der Waals surface area (Å²) in [5.41, 5.74) is 2.55. The molecule has 2 aromatic carbocycles. The number of nitriles is 1. The van der Waals surface area contributed by atoms with Gasteiger partial charge in [0.25, 0.3) is 5.91 Å². The quantitative estimate of drug-likeness (QED) is 0.529. The van der Waals surface area contributed by atoms with Crippen molar-refractivity contribution in [2.24, 2.45) is 5.92 Å². The molecular weight excluding hydrogens is 428 g/mol. The molecular formula is C27H30N4O3. The van der Waals surface area contributed by atoms with Crippen molar-refractivity contribution in [3.8, 4) is 6.07 Å². The van der Waals surface area contributed by atoms with Crippen LogP contribution in [0.25, 0.3) is 0 Å². The molecule has 2 heterocycles. The first kappa shape index (κ1) is 23.5. The molecule has 0 saturated carbocycles. The third-order valence-electron chi connectivity index (χ3n) is 6.74. The van der Waals surface area contributed by atoms with E-state index in [0.29, 0.717) is 52.1 Å². The molecule has 2 fully saturated rings. The van der Waals surface area contributed by atoms with Crippen molar-refractivity contribution in [1.82, 2.24) is 14.7 Å². The number of hydrogen-bond acceptors (Lipinski definition) is 5. The van der Waals surface area contributed by atoms with Gasteiger partial charge in [-0.2, -0.15) is 5.26 Å². The molecule has 7 heteroatoms. The summed E-state index contributed by atoms with van der Waals surface area (Å²) < 4.78 is 0. The van der Waals surface area contributed by atoms with Crippen LogP contribution in [-0.2, 0) is 9.59 Å². The second-order valence-electron chi connectivity index (χ2n) is 8.86. The Morgan fingerprint density at radius 1 is 0.882 bits per heavy atom. The summed E-state index contributed by atoms with van der Waals surface area (Å²) in [5.74, 6) is -1.37. The Morgan fingerprint density at radius 3 is 1.88 bits per heavy atom. The Hall–Kier alpha value is -3.63. The largest absolute Gasteiger partial charge is 0.481 e. The van der Waals surface area contributed by atoms with Crippen LogP contribution < -0.4 is 0 Å². The molecule has 0 atom stereocenters. The maximum atomic E-state index is 13.1. The van der Waals surface area contributed by atoms with Crippen LogP contribution in [0.3, 0.4) is 0 Å². The number of nitrogens with zero attached hydrogens (tertiary/aromatic N) is 4. The fourth-order valence-electron chi connectivity index (χ4n) is 4.83. The van der Waals surface area contributed by atoms with E-state index in [4.69, 9.17) is 5.11 Å². The van der Waals surface area contributed by atoms with Gasteiger partial charge in [-0.05, 0) is 24.0 Å². The molecule has 1 amide bonds. The second-order valence-corrected chi connectivity index (χ2v) is 8.86. The van der Waals surface area contributed by atoms with Crippen LogP contribution >= 0.6 is 0 Å². The number of likely N-dealkylation sites (tertiary alicyclic amines) is 1. The number of rotatable bonds is 6. The van der Waals surface area contributed by atoms with E-state index in [1.165, 1.54) is 11.1 Å². The lowest BCUT2D eigenvalue weighted by Crippen LogP contribution is -2.50. The van der Waals surface area contributed by atoms with Crippen molar-refractivity contribution in [3.63, 3.8) is 0 Å². The molecule has 4 rings (SSSR count). The zero-order valence-corrected chi connectivity index (χ0v) is 19.2. The van der Waals surface area contributed by atoms with E-state index in [2.05, 4.69) is 35.2 Å². The maximum absolute atomic E-state index is 13.1. The summed E-state index contributed by atoms with van der Waals surface area (Å²) in [5, 5.41) is 18.8. The Kier molecular flexibility index (Phi) is 7.61. The first-order valence-electron chi connectivity index (χ1n) is 11.8. The number of carbonyl (C=O) groups is 2. The summed E-state index contributed by atoms with van der Waals surface area (Å²) in [4.78, 5) is 30.3. The number of hydrogen-bond donors (Lipinski definition) is 1. The van der Waals surface area contributed by atoms with Crippen LogP contribution in [0.1, 0.15) is 30.0 Å². The summed E-state index contributed by atoms with van der Waals surface area (Å²) in [6, 6.07) is 23.0. The Balaban J connectivity index is 1.41. The topological polar surface area (TPSA) is 87.9 Å². The molecule has 0 bridgehead atoms. The highest BCUT2D eigenvalue weighted by atomic mass is 16.4. The van der Waals surface area contributed by atoms with Gasteiger partial charge in [-0.25, -0.2) is 0 Å². The van der Waals surface area contributed by atoms with Gasteiger partial charge in [-0.3, -0.25) is 14.5 Å². The van der Waals surface area contributed by atoms with E-state index in [-0.39, 0.29) is 23.4 Å². The van der Waals surface area contributed by atoms with Gasteiger partial charge < -0.3 is 14.9 Å². The molecule has 0 radical (unpaired) electrons. The average molecular weight is 459 g/mol. The fraction of sp³-hybridized carbons (Fsp3) is 0.370. The average Bonchev–Trinajstić information content (AvgIpc) is 2.89. The molecule has 0 aliphatic carbocycles. The van der Waals surface area contributed by atoms with Crippen LogP contribution in [0.5, 0.6) is 0 Å². The summed E-state index contributed by atoms with van der Waals surface area (Å²) in [6.07, 6.45) is 2.67. The number of carboxylic acid groups (broad SMARTS) is 1. The molecule has 0 unspecified atom stereocenters. The molecule has 2 aromatic rings. The highest BCUT2D eigenvalue weighted by Crippen LogP contribution is 2.29. The maximum Gasteiger partial charge on any atom is 0.306 e. The van der Waals surface area contributed by atoms with Gasteiger partial charge in [0, 0.05) is 45.5 Å². The van der Waals surface area contributed by atoms with Crippen molar-refractivity contribution in [1.29, 1.82) is 5.26 Å². The van der Waals surface area contributed by atoms with E-state index in [9.17, 15) is 14.9 Å². The lowest BCUT2D eigenvalue weighted by molar-refractivity contribution is -0.143. The van der Waals surface area contributed by atoms with Gasteiger partial charge in [0.1, 0.15) is 11.6 Å². The summed E-state index contributed by atoms with van der Waals surface area (Å²) >= 11 is 0. The molecule has 0 spiro atoms. The number of carbonyl (C=O) groups excluding carboxylic acids is 1. The molecule has 2 aliphatic rings. The third-order valence-corrected chi connectivity index (χ3v) is 6.74. The monoisotopic (exact) mass is 458 g/mol. The molecule has 7 nitrogen and oxygen atoms in total. The van der Waals surface area contributed by atoms with Crippen molar-refractivity contribution < 1.29 is 14.7 Å². The molecule has 0 aromatic heterocycles. The normalized spacial score (nSPS) is 18.1. The highest BCUT2D eigenvalue weighted by Gasteiger charge is 2.30. The number of amides is 1. The lowest BCUT2D eigenvalue weighted by Gasteiger charge is -2.39. The minimum Gasteiger partial charge on any atom is -0.481 e. The predicted molar refractivity (Wildman–Crippen MR) is 129 cm³/mol. The van der Waals surface area contributed by atoms with E-state index >= 15 is 0 Å². The van der Waals surface area contributed by atoms with Crippen LogP contribution in [0.2, 0.25) is 0 Å². The zero-order valence-electron chi connectivity index (χ0n) is 19.2. The third kappa shape index (κ3) is 5.46. The van der Waals surface area contributed by atoms with Crippen molar-refractivity contribution in [2.75, 3.05) is 39.3 Å². The Morgan fingerprint density at radius 2 is 1.41 bits per heavy atom. The smallest absolute Gasteiger partial charge is 0.306 e. The van der Waals surface area contributed by atoms with Crippen molar-refractivity contribution in [3.05, 3.63) is 83.6 Å². The van der Waals surface area contributed by atoms with Crippen molar-refractivity contribution in [2.45, 2.75) is 18.9 Å². The van der Waals surface area contributed by atoms with E-state index < -0.39 is 5.97 Å². The molecule has 34 heavy (non-hydrogen) atoms. The van der Waals surface area contributed by atoms with Gasteiger partial charge in [0.05, 0.1) is 12.0 Å². The van der Waals surface area contributed by atoms with Gasteiger partial charge in [0.2, 0.25) is 0 Å². The molecule has 1 N–H and O–H groups in total. The number of piperidine rings is 1. The predicted octanol–water partition coefficient (Wildman–Crippen LogP) is 3.12. The first-order valence-corrected chi connectivity index (χ1v) is 11.8. The van der Waals surface area contributed by atoms with E-state index in [1.807, 2.05) is 41.3 Å². The summed E-state index contributed by atoms with van der Waals surface area (Å²) in [6.45, 7) is 3.61. The van der Waals surface area contributed by atoms with Crippen LogP contribution in [0.15, 0.2) is 72.4 Å². The highest BCUT2D eigenvalue weighted by molar-refractivity contribution is 5.97. The molecule has 2 saturated heterocycles. The number of carboxylic acids is 1. The molecule has 2 aliphatic heterocycles. The van der Waals surface area contributed by atoms with Gasteiger partial charge in [-0.1, -0.05) is 60.7 Å². The second kappa shape index (κ2) is 11.0. The standard InChI is InChI=1S/C27H30N4O3/c28-19-24(20-29-13-11-23(12-14-29)27(33)34)26(32)31-17-15-30(16-18-31)25(21-7-3-1-4-8-21)22-9-5-2-6-10-22/h1-10,20,23,25H,11-18H2,(H,33,34)/b24-20-. The van der Waals surface area contributed by atoms with Crippen molar-refractivity contribution >= 4 is 11.9 Å². The van der Waals surface area contributed by atoms with Gasteiger partial charge in [0.15, 0.2) is 0 Å². The van der Waals surface area contributed by atoms with E-state index in [1.54, 1.807) is 11.1 Å². The van der Waals surface area contributed by atoms with Gasteiger partial charge in [-0.15, -0.1) is 0 Å². The lowest BCUT2D eigenvalue weighted by atomic mass is 9.96. The number of piperazine rings is 1. The van der Waals surface area contributed by atoms with E-state index in [0.717, 1.165) is 0 Å².